The number of nitrogens with zero attached hydrogens (tertiary/aromatic N) is 2. The first-order valence-corrected chi connectivity index (χ1v) is 14.9. The lowest BCUT2D eigenvalue weighted by Gasteiger charge is -1.97. The molecular formula is C16H23Br4N2O3P. The van der Waals surface area contributed by atoms with Gasteiger partial charge >= 0.3 is 0 Å². The summed E-state index contributed by atoms with van der Waals surface area (Å²) < 4.78 is 44.1. The van der Waals surface area contributed by atoms with E-state index in [9.17, 15) is 0 Å². The van der Waals surface area contributed by atoms with Crippen LogP contribution in [0.25, 0.3) is 0 Å². The lowest BCUT2D eigenvalue weighted by molar-refractivity contribution is 0.281. The van der Waals surface area contributed by atoms with Crippen LogP contribution in [0, 0.1) is 0 Å². The van der Waals surface area contributed by atoms with Crippen molar-refractivity contribution in [2.75, 3.05) is 14.2 Å². The summed E-state index contributed by atoms with van der Waals surface area (Å²) in [5.41, 5.74) is 0.589. The highest BCUT2D eigenvalue weighted by molar-refractivity contribution is 9.93. The van der Waals surface area contributed by atoms with Gasteiger partial charge in [0.1, 0.15) is 4.03 Å². The van der Waals surface area contributed by atoms with Crippen LogP contribution in [0.15, 0.2) is 36.7 Å². The van der Waals surface area contributed by atoms with Gasteiger partial charge in [-0.1, -0.05) is 35.8 Å². The molecule has 0 aliphatic carbocycles. The Bertz CT molecular complexity index is 646. The maximum absolute atomic E-state index is 8.91. The molecule has 26 heavy (non-hydrogen) atoms. The van der Waals surface area contributed by atoms with Crippen LogP contribution in [0.5, 0.6) is 11.8 Å². The van der Waals surface area contributed by atoms with Gasteiger partial charge < -0.3 is 14.6 Å². The molecule has 2 aromatic rings. The van der Waals surface area contributed by atoms with Crippen molar-refractivity contribution in [1.82, 2.24) is 9.97 Å². The fourth-order valence-corrected chi connectivity index (χ4v) is 1.36. The Labute approximate surface area is 196 Å². The van der Waals surface area contributed by atoms with E-state index in [2.05, 4.69) is 72.4 Å². The molecule has 0 fully saturated rings. The zero-order chi connectivity index (χ0) is 24.7. The second kappa shape index (κ2) is 20.0. The fourth-order valence-electron chi connectivity index (χ4n) is 1.12. The van der Waals surface area contributed by atoms with Crippen molar-refractivity contribution in [3.63, 3.8) is 0 Å². The summed E-state index contributed by atoms with van der Waals surface area (Å²) in [5, 5.41) is 7.38. The molecule has 10 heteroatoms. The summed E-state index contributed by atoms with van der Waals surface area (Å²) in [5.74, 6) is 0.874. The number of methoxy groups -OCH3 is 2. The molecule has 0 saturated carbocycles. The van der Waals surface area contributed by atoms with Crippen LogP contribution in [0.2, 0.25) is 0 Å². The van der Waals surface area contributed by atoms with E-state index in [4.69, 9.17) is 21.4 Å². The zero-order valence-corrected chi connectivity index (χ0v) is 21.5. The van der Waals surface area contributed by atoms with Crippen LogP contribution < -0.4 is 9.47 Å². The number of ether oxygens (including phenoxy) is 2. The largest absolute Gasteiger partial charge is 0.481 e. The number of halogens is 4. The van der Waals surface area contributed by atoms with Crippen molar-refractivity contribution in [3.05, 3.63) is 47.8 Å². The normalized spacial score (nSPS) is 12.7. The van der Waals surface area contributed by atoms with E-state index in [0.717, 1.165) is 0 Å². The molecule has 2 aromatic heterocycles. The monoisotopic (exact) mass is 643 g/mol. The molecule has 0 aromatic carbocycles. The van der Waals surface area contributed by atoms with Gasteiger partial charge in [0.25, 0.3) is 0 Å². The molecule has 0 spiro atoms. The van der Waals surface area contributed by atoms with Gasteiger partial charge in [0.05, 0.1) is 23.5 Å². The lowest BCUT2D eigenvalue weighted by atomic mass is 10.3. The Kier molecular flexibility index (Phi) is 15.0. The van der Waals surface area contributed by atoms with Crippen molar-refractivity contribution < 1.29 is 21.4 Å². The van der Waals surface area contributed by atoms with Gasteiger partial charge in [0.2, 0.25) is 11.8 Å². The van der Waals surface area contributed by atoms with E-state index in [1.807, 2.05) is 0 Å². The average Bonchev–Trinajstić information content (AvgIpc) is 2.67. The van der Waals surface area contributed by atoms with Crippen LogP contribution in [-0.2, 0) is 11.8 Å². The Hall–Kier alpha value is 0.210. The van der Waals surface area contributed by atoms with Gasteiger partial charge in [0, 0.05) is 33.9 Å². The second-order valence-corrected chi connectivity index (χ2v) is 19.3. The number of hydrogen-bond acceptors (Lipinski definition) is 5. The Morgan fingerprint density at radius 3 is 1.65 bits per heavy atom. The highest BCUT2D eigenvalue weighted by Crippen LogP contribution is 2.59. The van der Waals surface area contributed by atoms with Crippen LogP contribution in [-0.4, -0.2) is 29.3 Å². The third-order valence-electron chi connectivity index (χ3n) is 2.13. The number of hydrogen-bond donors (Lipinski definition) is 1. The van der Waals surface area contributed by atoms with Crippen LogP contribution in [0.1, 0.15) is 31.8 Å². The number of aromatic nitrogens is 2. The first kappa shape index (κ1) is 19.5. The van der Waals surface area contributed by atoms with Crippen molar-refractivity contribution in [3.8, 4) is 11.8 Å². The minimum atomic E-state index is -2.33. The SMILES string of the molecule is BrP(Br)Br.[2H]C([2H])(Br)c1ccc(OC)nc1.[2H]C([2H])(O)c1ccc(OC)nc1.[2H]CC. The molecule has 0 atom stereocenters. The van der Waals surface area contributed by atoms with Crippen LogP contribution in [0.3, 0.4) is 0 Å². The summed E-state index contributed by atoms with van der Waals surface area (Å²) in [4.78, 5) is 7.61. The first-order chi connectivity index (χ1) is 14.2. The lowest BCUT2D eigenvalue weighted by Crippen LogP contribution is -1.88. The minimum Gasteiger partial charge on any atom is -0.481 e. The van der Waals surface area contributed by atoms with E-state index in [-0.39, 0.29) is 9.59 Å². The summed E-state index contributed by atoms with van der Waals surface area (Å²) in [6.07, 6.45) is 2.67. The van der Waals surface area contributed by atoms with Crippen molar-refractivity contribution in [2.45, 2.75) is 25.7 Å². The molecular weight excluding hydrogens is 619 g/mol. The highest BCUT2D eigenvalue weighted by atomic mass is 80.0. The first-order valence-electron chi connectivity index (χ1n) is 9.42. The molecule has 1 N–H and O–H groups in total. The fraction of sp³-hybridized carbons (Fsp3) is 0.375. The van der Waals surface area contributed by atoms with Gasteiger partial charge in [-0.2, -0.15) is 0 Å². The third kappa shape index (κ3) is 16.4. The van der Waals surface area contributed by atoms with E-state index < -0.39 is 11.8 Å². The molecule has 0 aliphatic rings. The molecule has 2 rings (SSSR count). The second-order valence-electron chi connectivity index (χ2n) is 3.58. The standard InChI is InChI=1S/C7H8BrNO.C7H9NO2.C2H6.Br3P/c1-10-7-3-2-6(4-8)5-9-7;1-10-7-3-2-6(5-9)4-8-7;1-2;1-4(2)3/h2-3,5H,4H2,1H3;2-4,9H,5H2,1H3;1-2H3;/i4D2;5D2;1D;. The van der Waals surface area contributed by atoms with Crippen molar-refractivity contribution >= 4 is 66.4 Å². The van der Waals surface area contributed by atoms with Gasteiger partial charge in [-0.3, -0.25) is 0 Å². The van der Waals surface area contributed by atoms with Crippen LogP contribution in [0.4, 0.5) is 0 Å². The maximum Gasteiger partial charge on any atom is 0.212 e. The number of alkyl halides is 1. The quantitative estimate of drug-likeness (QED) is 0.287. The summed E-state index contributed by atoms with van der Waals surface area (Å²) in [6.45, 7) is -0.0424. The number of pyridine rings is 2. The van der Waals surface area contributed by atoms with E-state index in [1.165, 1.54) is 38.7 Å². The molecule has 0 saturated heterocycles. The maximum atomic E-state index is 8.91. The van der Waals surface area contributed by atoms with E-state index in [0.29, 0.717) is 24.2 Å². The van der Waals surface area contributed by atoms with E-state index in [1.54, 1.807) is 19.1 Å². The predicted molar refractivity (Wildman–Crippen MR) is 125 cm³/mol. The summed E-state index contributed by atoms with van der Waals surface area (Å²) >= 11 is 12.4. The molecule has 5 nitrogen and oxygen atoms in total. The minimum absolute atomic E-state index is 0.114. The Morgan fingerprint density at radius 2 is 1.42 bits per heavy atom. The number of rotatable bonds is 4. The van der Waals surface area contributed by atoms with Gasteiger partial charge in [-0.05, 0) is 63.7 Å². The zero-order valence-electron chi connectivity index (χ0n) is 19.3. The molecule has 0 bridgehead atoms. The summed E-state index contributed by atoms with van der Waals surface area (Å²) in [7, 11) is 2.99. The molecule has 0 aliphatic heterocycles. The molecule has 0 amide bonds. The highest BCUT2D eigenvalue weighted by Gasteiger charge is 1.92. The Morgan fingerprint density at radius 1 is 1.04 bits per heavy atom. The van der Waals surface area contributed by atoms with Crippen molar-refractivity contribution in [2.24, 2.45) is 0 Å². The molecule has 2 heterocycles. The topological polar surface area (TPSA) is 64.5 Å². The Balaban J connectivity index is 0. The number of aliphatic hydroxyl groups is 1. The van der Waals surface area contributed by atoms with E-state index >= 15 is 0 Å². The predicted octanol–water partition coefficient (Wildman–Crippen LogP) is 6.99. The van der Waals surface area contributed by atoms with Gasteiger partial charge in [0.15, 0.2) is 0 Å². The van der Waals surface area contributed by atoms with Crippen LogP contribution >= 0.6 is 66.4 Å². The molecule has 0 radical (unpaired) electrons. The smallest absolute Gasteiger partial charge is 0.212 e. The van der Waals surface area contributed by atoms with Gasteiger partial charge in [-0.25, -0.2) is 9.97 Å². The third-order valence-corrected chi connectivity index (χ3v) is 2.59. The summed E-state index contributed by atoms with van der Waals surface area (Å²) in [6, 6.07) is 6.16. The average molecular weight is 647 g/mol. The molecule has 0 unspecified atom stereocenters. The van der Waals surface area contributed by atoms with Crippen molar-refractivity contribution in [1.29, 1.82) is 0 Å². The molecule has 148 valence electrons. The van der Waals surface area contributed by atoms with Gasteiger partial charge in [-0.15, -0.1) is 0 Å².